The van der Waals surface area contributed by atoms with Gasteiger partial charge in [0.05, 0.1) is 12.1 Å². The summed E-state index contributed by atoms with van der Waals surface area (Å²) in [6.45, 7) is 0.581. The Balaban J connectivity index is 1.56. The topological polar surface area (TPSA) is 105 Å². The SMILES string of the molecule is O=C(NO)c1ccc(CNC(c2ccccc2)c2nnnn2C2CCCCC2)cc1. The molecule has 30 heavy (non-hydrogen) atoms. The third-order valence-electron chi connectivity index (χ3n) is 5.66. The van der Waals surface area contributed by atoms with Crippen molar-refractivity contribution in [3.8, 4) is 0 Å². The first-order valence-electron chi connectivity index (χ1n) is 10.4. The van der Waals surface area contributed by atoms with Crippen molar-refractivity contribution in [2.24, 2.45) is 0 Å². The third kappa shape index (κ3) is 4.55. The Hall–Kier alpha value is -3.10. The van der Waals surface area contributed by atoms with Crippen LogP contribution in [0, 0.1) is 0 Å². The summed E-state index contributed by atoms with van der Waals surface area (Å²) in [6, 6.07) is 17.5. The molecule has 1 aliphatic carbocycles. The molecular formula is C22H26N6O2. The summed E-state index contributed by atoms with van der Waals surface area (Å²) in [4.78, 5) is 11.5. The zero-order chi connectivity index (χ0) is 20.8. The van der Waals surface area contributed by atoms with Gasteiger partial charge in [0.1, 0.15) is 0 Å². The van der Waals surface area contributed by atoms with Gasteiger partial charge in [0.25, 0.3) is 5.91 Å². The van der Waals surface area contributed by atoms with Crippen LogP contribution < -0.4 is 10.8 Å². The van der Waals surface area contributed by atoms with Gasteiger partial charge in [-0.1, -0.05) is 61.7 Å². The van der Waals surface area contributed by atoms with Gasteiger partial charge in [-0.3, -0.25) is 15.3 Å². The molecule has 0 radical (unpaired) electrons. The van der Waals surface area contributed by atoms with Crippen molar-refractivity contribution in [2.45, 2.75) is 50.7 Å². The van der Waals surface area contributed by atoms with E-state index < -0.39 is 5.91 Å². The Morgan fingerprint density at radius 2 is 1.80 bits per heavy atom. The highest BCUT2D eigenvalue weighted by atomic mass is 16.5. The summed E-state index contributed by atoms with van der Waals surface area (Å²) < 4.78 is 2.00. The second-order valence-corrected chi connectivity index (χ2v) is 7.64. The zero-order valence-electron chi connectivity index (χ0n) is 16.7. The van der Waals surface area contributed by atoms with Gasteiger partial charge in [-0.05, 0) is 46.5 Å². The molecule has 1 aromatic heterocycles. The highest BCUT2D eigenvalue weighted by Crippen LogP contribution is 2.30. The Bertz CT molecular complexity index is 951. The lowest BCUT2D eigenvalue weighted by atomic mass is 9.95. The number of amides is 1. The van der Waals surface area contributed by atoms with Crippen LogP contribution in [0.25, 0.3) is 0 Å². The van der Waals surface area contributed by atoms with E-state index in [0.717, 1.165) is 29.8 Å². The molecule has 2 aromatic carbocycles. The van der Waals surface area contributed by atoms with Gasteiger partial charge in [0.2, 0.25) is 0 Å². The molecule has 1 heterocycles. The van der Waals surface area contributed by atoms with Crippen molar-refractivity contribution in [3.05, 3.63) is 77.1 Å². The number of benzene rings is 2. The van der Waals surface area contributed by atoms with Crippen molar-refractivity contribution < 1.29 is 10.0 Å². The van der Waals surface area contributed by atoms with Crippen LogP contribution in [0.4, 0.5) is 0 Å². The second kappa shape index (κ2) is 9.60. The van der Waals surface area contributed by atoms with Crippen LogP contribution in [-0.2, 0) is 6.54 Å². The molecule has 0 spiro atoms. The molecular weight excluding hydrogens is 380 g/mol. The number of rotatable bonds is 7. The number of tetrazole rings is 1. The monoisotopic (exact) mass is 406 g/mol. The maximum Gasteiger partial charge on any atom is 0.274 e. The molecule has 0 saturated heterocycles. The van der Waals surface area contributed by atoms with Crippen molar-refractivity contribution >= 4 is 5.91 Å². The fourth-order valence-electron chi connectivity index (χ4n) is 4.04. The fraction of sp³-hybridized carbons (Fsp3) is 0.364. The van der Waals surface area contributed by atoms with Gasteiger partial charge < -0.3 is 0 Å². The standard InChI is InChI=1S/C22H26N6O2/c29-22(25-30)18-13-11-16(12-14-18)15-23-20(17-7-3-1-4-8-17)21-24-26-27-28(21)19-9-5-2-6-10-19/h1,3-4,7-8,11-14,19-20,23,30H,2,5-6,9-10,15H2,(H,25,29). The normalized spacial score (nSPS) is 15.6. The first kappa shape index (κ1) is 20.2. The molecule has 3 aromatic rings. The molecule has 1 amide bonds. The number of aromatic nitrogens is 4. The van der Waals surface area contributed by atoms with Crippen LogP contribution in [0.15, 0.2) is 54.6 Å². The molecule has 1 aliphatic rings. The van der Waals surface area contributed by atoms with Gasteiger partial charge >= 0.3 is 0 Å². The number of carbonyl (C=O) groups is 1. The highest BCUT2D eigenvalue weighted by molar-refractivity contribution is 5.93. The molecule has 1 fully saturated rings. The van der Waals surface area contributed by atoms with Crippen LogP contribution >= 0.6 is 0 Å². The Kier molecular flexibility index (Phi) is 6.46. The van der Waals surface area contributed by atoms with E-state index in [9.17, 15) is 4.79 Å². The third-order valence-corrected chi connectivity index (χ3v) is 5.66. The fourth-order valence-corrected chi connectivity index (χ4v) is 4.04. The molecule has 0 bridgehead atoms. The lowest BCUT2D eigenvalue weighted by Crippen LogP contribution is -2.28. The Morgan fingerprint density at radius 1 is 1.07 bits per heavy atom. The minimum Gasteiger partial charge on any atom is -0.299 e. The Labute approximate surface area is 175 Å². The van der Waals surface area contributed by atoms with Crippen LogP contribution in [0.3, 0.4) is 0 Å². The van der Waals surface area contributed by atoms with Crippen molar-refractivity contribution in [1.29, 1.82) is 0 Å². The van der Waals surface area contributed by atoms with Crippen LogP contribution in [-0.4, -0.2) is 31.3 Å². The molecule has 8 heteroatoms. The van der Waals surface area contributed by atoms with Gasteiger partial charge in [-0.2, -0.15) is 0 Å². The molecule has 1 saturated carbocycles. The van der Waals surface area contributed by atoms with E-state index in [0.29, 0.717) is 18.2 Å². The van der Waals surface area contributed by atoms with E-state index >= 15 is 0 Å². The summed E-state index contributed by atoms with van der Waals surface area (Å²) in [5, 5.41) is 25.1. The summed E-state index contributed by atoms with van der Waals surface area (Å²) in [5.41, 5.74) is 4.17. The van der Waals surface area contributed by atoms with Crippen molar-refractivity contribution in [1.82, 2.24) is 31.0 Å². The van der Waals surface area contributed by atoms with E-state index in [1.165, 1.54) is 19.3 Å². The maximum atomic E-state index is 11.5. The van der Waals surface area contributed by atoms with E-state index in [4.69, 9.17) is 5.21 Å². The lowest BCUT2D eigenvalue weighted by Gasteiger charge is -2.25. The number of hydrogen-bond donors (Lipinski definition) is 3. The maximum absolute atomic E-state index is 11.5. The van der Waals surface area contributed by atoms with E-state index in [-0.39, 0.29) is 6.04 Å². The number of nitrogens with one attached hydrogen (secondary N) is 2. The molecule has 0 aliphatic heterocycles. The average Bonchev–Trinajstić information content (AvgIpc) is 3.30. The van der Waals surface area contributed by atoms with Gasteiger partial charge in [0, 0.05) is 12.1 Å². The summed E-state index contributed by atoms with van der Waals surface area (Å²) >= 11 is 0. The first-order valence-corrected chi connectivity index (χ1v) is 10.4. The van der Waals surface area contributed by atoms with Gasteiger partial charge in [-0.15, -0.1) is 5.10 Å². The highest BCUT2D eigenvalue weighted by Gasteiger charge is 2.26. The number of hydrogen-bond acceptors (Lipinski definition) is 6. The van der Waals surface area contributed by atoms with E-state index in [1.807, 2.05) is 35.0 Å². The molecule has 4 rings (SSSR count). The predicted octanol–water partition coefficient (Wildman–Crippen LogP) is 3.18. The molecule has 1 unspecified atom stereocenters. The molecule has 1 atom stereocenters. The number of nitrogens with zero attached hydrogens (tertiary/aromatic N) is 4. The lowest BCUT2D eigenvalue weighted by molar-refractivity contribution is 0.0706. The Morgan fingerprint density at radius 3 is 2.50 bits per heavy atom. The molecule has 3 N–H and O–H groups in total. The number of carbonyl (C=O) groups excluding carboxylic acids is 1. The summed E-state index contributed by atoms with van der Waals surface area (Å²) in [7, 11) is 0. The van der Waals surface area contributed by atoms with E-state index in [2.05, 4.69) is 33.0 Å². The number of hydroxylamine groups is 1. The minimum atomic E-state index is -0.525. The largest absolute Gasteiger partial charge is 0.299 e. The average molecular weight is 406 g/mol. The van der Waals surface area contributed by atoms with Gasteiger partial charge in [0.15, 0.2) is 5.82 Å². The van der Waals surface area contributed by atoms with E-state index in [1.54, 1.807) is 17.6 Å². The molecule has 8 nitrogen and oxygen atoms in total. The summed E-state index contributed by atoms with van der Waals surface area (Å²) in [5.74, 6) is 0.299. The molecule has 156 valence electrons. The van der Waals surface area contributed by atoms with Gasteiger partial charge in [-0.25, -0.2) is 10.2 Å². The van der Waals surface area contributed by atoms with Crippen LogP contribution in [0.2, 0.25) is 0 Å². The predicted molar refractivity (Wildman–Crippen MR) is 111 cm³/mol. The quantitative estimate of drug-likeness (QED) is 0.411. The summed E-state index contributed by atoms with van der Waals surface area (Å²) in [6.07, 6.45) is 5.91. The first-order chi connectivity index (χ1) is 14.8. The van der Waals surface area contributed by atoms with Crippen molar-refractivity contribution in [2.75, 3.05) is 0 Å². The van der Waals surface area contributed by atoms with Crippen LogP contribution in [0.5, 0.6) is 0 Å². The smallest absolute Gasteiger partial charge is 0.274 e. The van der Waals surface area contributed by atoms with Crippen LogP contribution in [0.1, 0.15) is 71.5 Å². The minimum absolute atomic E-state index is 0.149. The van der Waals surface area contributed by atoms with Crippen molar-refractivity contribution in [3.63, 3.8) is 0 Å². The second-order valence-electron chi connectivity index (χ2n) is 7.64. The zero-order valence-corrected chi connectivity index (χ0v) is 16.7.